The molecule has 0 N–H and O–H groups in total. The van der Waals surface area contributed by atoms with Gasteiger partial charge in [0, 0.05) is 19.6 Å². The smallest absolute Gasteiger partial charge is 0.0560 e. The van der Waals surface area contributed by atoms with Gasteiger partial charge in [0.05, 0.1) is 5.88 Å². The maximum Gasteiger partial charge on any atom is 0.0560 e. The molecular weight excluding hydrogens is 216 g/mol. The highest BCUT2D eigenvalue weighted by Crippen LogP contribution is 2.09. The fourth-order valence-electron chi connectivity index (χ4n) is 1.52. The first-order chi connectivity index (χ1) is 7.58. The lowest BCUT2D eigenvalue weighted by molar-refractivity contribution is -0.0150. The molecule has 0 aliphatic rings. The Kier molecular flexibility index (Phi) is 8.71. The van der Waals surface area contributed by atoms with Gasteiger partial charge in [0.2, 0.25) is 0 Å². The van der Waals surface area contributed by atoms with Crippen LogP contribution in [0.25, 0.3) is 0 Å². The van der Waals surface area contributed by atoms with Gasteiger partial charge in [-0.3, -0.25) is 0 Å². The van der Waals surface area contributed by atoms with Crippen LogP contribution in [0.15, 0.2) is 25.3 Å². The van der Waals surface area contributed by atoms with Crippen LogP contribution in [-0.2, 0) is 0 Å². The Hall–Kier alpha value is -0.250. The second-order valence-electron chi connectivity index (χ2n) is 4.26. The topological polar surface area (TPSA) is 6.48 Å². The van der Waals surface area contributed by atoms with Gasteiger partial charge in [-0.1, -0.05) is 32.9 Å². The summed E-state index contributed by atoms with van der Waals surface area (Å²) in [5.41, 5.74) is 0. The third kappa shape index (κ3) is 5.73. The van der Waals surface area contributed by atoms with E-state index in [1.54, 1.807) is 0 Å². The van der Waals surface area contributed by atoms with E-state index < -0.39 is 0 Å². The van der Waals surface area contributed by atoms with E-state index in [4.69, 9.17) is 0 Å². The minimum atomic E-state index is 0.486. The molecule has 0 amide bonds. The van der Waals surface area contributed by atoms with Crippen LogP contribution in [0.4, 0.5) is 0 Å². The van der Waals surface area contributed by atoms with Crippen molar-refractivity contribution in [2.75, 3.05) is 25.5 Å². The van der Waals surface area contributed by atoms with E-state index >= 15 is 0 Å². The number of rotatable bonds is 9. The van der Waals surface area contributed by atoms with E-state index in [9.17, 15) is 0 Å². The zero-order valence-electron chi connectivity index (χ0n) is 10.9. The monoisotopic (exact) mass is 242 g/mol. The second kappa shape index (κ2) is 8.85. The van der Waals surface area contributed by atoms with Crippen LogP contribution in [0.1, 0.15) is 20.8 Å². The largest absolute Gasteiger partial charge is 0.241 e. The molecule has 0 spiro atoms. The molecule has 0 bridgehead atoms. The first-order valence-corrected chi connectivity index (χ1v) is 6.58. The molecule has 0 aliphatic heterocycles. The standard InChI is InChI=1S/C13H26N2S/c1-6-12(4)9-14(8-3)15(11-16)10-13(5)7-2/h6-7,12-13,16H,1-2,8-11H2,3-5H3. The molecule has 0 radical (unpaired) electrons. The van der Waals surface area contributed by atoms with Crippen LogP contribution < -0.4 is 0 Å². The summed E-state index contributed by atoms with van der Waals surface area (Å²) in [7, 11) is 0. The molecule has 0 fully saturated rings. The summed E-state index contributed by atoms with van der Waals surface area (Å²) < 4.78 is 0. The van der Waals surface area contributed by atoms with Crippen LogP contribution in [0.3, 0.4) is 0 Å². The lowest BCUT2D eigenvalue weighted by Crippen LogP contribution is -2.45. The van der Waals surface area contributed by atoms with Gasteiger partial charge in [0.1, 0.15) is 0 Å². The van der Waals surface area contributed by atoms with Crippen molar-refractivity contribution in [3.63, 3.8) is 0 Å². The van der Waals surface area contributed by atoms with Crippen molar-refractivity contribution in [2.24, 2.45) is 11.8 Å². The lowest BCUT2D eigenvalue weighted by atomic mass is 10.1. The van der Waals surface area contributed by atoms with E-state index in [1.807, 2.05) is 12.2 Å². The van der Waals surface area contributed by atoms with Crippen molar-refractivity contribution in [3.05, 3.63) is 25.3 Å². The Morgan fingerprint density at radius 1 is 1.06 bits per heavy atom. The molecular formula is C13H26N2S. The second-order valence-corrected chi connectivity index (χ2v) is 4.54. The van der Waals surface area contributed by atoms with E-state index in [1.165, 1.54) is 0 Å². The molecule has 94 valence electrons. The summed E-state index contributed by atoms with van der Waals surface area (Å²) in [6.45, 7) is 17.2. The SMILES string of the molecule is C=CC(C)CN(CC)N(CS)CC(C)C=C. The number of hydrogen-bond acceptors (Lipinski definition) is 3. The number of hydrazine groups is 1. The van der Waals surface area contributed by atoms with Gasteiger partial charge >= 0.3 is 0 Å². The third-order valence-corrected chi connectivity index (χ3v) is 3.06. The average molecular weight is 242 g/mol. The minimum Gasteiger partial charge on any atom is -0.241 e. The Balaban J connectivity index is 4.36. The summed E-state index contributed by atoms with van der Waals surface area (Å²) in [5, 5.41) is 4.61. The highest BCUT2D eigenvalue weighted by molar-refractivity contribution is 7.80. The fraction of sp³-hybridized carbons (Fsp3) is 0.692. The maximum atomic E-state index is 4.40. The van der Waals surface area contributed by atoms with Gasteiger partial charge < -0.3 is 0 Å². The van der Waals surface area contributed by atoms with E-state index in [0.29, 0.717) is 11.8 Å². The summed E-state index contributed by atoms with van der Waals surface area (Å²) >= 11 is 4.40. The van der Waals surface area contributed by atoms with Gasteiger partial charge in [-0.2, -0.15) is 12.6 Å². The molecule has 2 unspecified atom stereocenters. The van der Waals surface area contributed by atoms with Crippen molar-refractivity contribution in [1.82, 2.24) is 10.0 Å². The summed E-state index contributed by atoms with van der Waals surface area (Å²) in [5.74, 6) is 1.73. The quantitative estimate of drug-likeness (QED) is 0.287. The lowest BCUT2D eigenvalue weighted by Gasteiger charge is -2.35. The number of nitrogens with zero attached hydrogens (tertiary/aromatic N) is 2. The average Bonchev–Trinajstić information content (AvgIpc) is 2.32. The van der Waals surface area contributed by atoms with Crippen LogP contribution in [0.2, 0.25) is 0 Å². The zero-order valence-corrected chi connectivity index (χ0v) is 11.8. The third-order valence-electron chi connectivity index (χ3n) is 2.73. The summed E-state index contributed by atoms with van der Waals surface area (Å²) in [6.07, 6.45) is 3.98. The number of hydrogen-bond donors (Lipinski definition) is 1. The van der Waals surface area contributed by atoms with Crippen molar-refractivity contribution < 1.29 is 0 Å². The van der Waals surface area contributed by atoms with E-state index in [-0.39, 0.29) is 0 Å². The maximum absolute atomic E-state index is 4.40. The molecule has 0 rings (SSSR count). The highest BCUT2D eigenvalue weighted by atomic mass is 32.1. The molecule has 2 nitrogen and oxygen atoms in total. The molecule has 0 aromatic rings. The molecule has 0 aliphatic carbocycles. The van der Waals surface area contributed by atoms with Crippen molar-refractivity contribution >= 4 is 12.6 Å². The minimum absolute atomic E-state index is 0.486. The Morgan fingerprint density at radius 3 is 1.81 bits per heavy atom. The normalized spacial score (nSPS) is 15.1. The summed E-state index contributed by atoms with van der Waals surface area (Å²) in [6, 6.07) is 0. The molecule has 0 saturated carbocycles. The predicted octanol–water partition coefficient (Wildman–Crippen LogP) is 3.06. The molecule has 2 atom stereocenters. The van der Waals surface area contributed by atoms with Crippen molar-refractivity contribution in [3.8, 4) is 0 Å². The zero-order chi connectivity index (χ0) is 12.6. The van der Waals surface area contributed by atoms with Crippen LogP contribution in [0, 0.1) is 11.8 Å². The van der Waals surface area contributed by atoms with Gasteiger partial charge in [-0.15, -0.1) is 13.2 Å². The van der Waals surface area contributed by atoms with Crippen molar-refractivity contribution in [1.29, 1.82) is 0 Å². The Morgan fingerprint density at radius 2 is 1.50 bits per heavy atom. The summed E-state index contributed by atoms with van der Waals surface area (Å²) in [4.78, 5) is 0. The van der Waals surface area contributed by atoms with Gasteiger partial charge in [0.15, 0.2) is 0 Å². The van der Waals surface area contributed by atoms with Crippen LogP contribution in [-0.4, -0.2) is 35.5 Å². The van der Waals surface area contributed by atoms with Gasteiger partial charge in [0.25, 0.3) is 0 Å². The van der Waals surface area contributed by atoms with E-state index in [0.717, 1.165) is 25.5 Å². The van der Waals surface area contributed by atoms with Gasteiger partial charge in [-0.25, -0.2) is 10.0 Å². The highest BCUT2D eigenvalue weighted by Gasteiger charge is 2.15. The molecule has 16 heavy (non-hydrogen) atoms. The molecule has 0 heterocycles. The Bertz CT molecular complexity index is 184. The first kappa shape index (κ1) is 15.8. The molecule has 0 aromatic carbocycles. The Labute approximate surface area is 106 Å². The first-order valence-electron chi connectivity index (χ1n) is 5.94. The van der Waals surface area contributed by atoms with E-state index in [2.05, 4.69) is 56.6 Å². The fourth-order valence-corrected chi connectivity index (χ4v) is 1.82. The molecule has 0 aromatic heterocycles. The van der Waals surface area contributed by atoms with Crippen LogP contribution in [0.5, 0.6) is 0 Å². The van der Waals surface area contributed by atoms with Crippen LogP contribution >= 0.6 is 12.6 Å². The predicted molar refractivity (Wildman–Crippen MR) is 76.5 cm³/mol. The molecule has 0 saturated heterocycles. The van der Waals surface area contributed by atoms with Crippen molar-refractivity contribution in [2.45, 2.75) is 20.8 Å². The van der Waals surface area contributed by atoms with Gasteiger partial charge in [-0.05, 0) is 11.8 Å². The number of thiol groups is 1. The molecule has 3 heteroatoms.